The molecule has 0 saturated carbocycles. The summed E-state index contributed by atoms with van der Waals surface area (Å²) in [6.07, 6.45) is -0.136. The minimum Gasteiger partial charge on any atom is -0.396 e. The molecule has 1 fully saturated rings. The number of hydrogen-bond donors (Lipinski definition) is 2. The van der Waals surface area contributed by atoms with Crippen LogP contribution in [0.2, 0.25) is 0 Å². The molecule has 11 heteroatoms. The number of unbranched alkanes of at least 4 members (excludes halogenated alkanes) is 1. The van der Waals surface area contributed by atoms with Crippen molar-refractivity contribution in [1.29, 1.82) is 0 Å². The quantitative estimate of drug-likeness (QED) is 0.579. The molecule has 0 aliphatic carbocycles. The number of aliphatic hydroxyl groups excluding tert-OH is 1. The van der Waals surface area contributed by atoms with Gasteiger partial charge in [0.15, 0.2) is 0 Å². The van der Waals surface area contributed by atoms with E-state index in [-0.39, 0.29) is 19.4 Å². The van der Waals surface area contributed by atoms with Gasteiger partial charge >= 0.3 is 26.8 Å². The third kappa shape index (κ3) is 3.93. The summed E-state index contributed by atoms with van der Waals surface area (Å²) in [7, 11) is -9.72. The third-order valence-electron chi connectivity index (χ3n) is 1.53. The van der Waals surface area contributed by atoms with Crippen molar-refractivity contribution in [3.8, 4) is 0 Å². The molecule has 0 bridgehead atoms. The molecule has 16 heavy (non-hydrogen) atoms. The Labute approximate surface area is 92.2 Å². The summed E-state index contributed by atoms with van der Waals surface area (Å²) in [6.45, 7) is -0.202. The Morgan fingerprint density at radius 2 is 1.50 bits per heavy atom. The fourth-order valence-corrected chi connectivity index (χ4v) is 2.96. The average molecular weight is 278 g/mol. The van der Waals surface area contributed by atoms with E-state index >= 15 is 0 Å². The zero-order valence-electron chi connectivity index (χ0n) is 7.90. The summed E-state index contributed by atoms with van der Waals surface area (Å²) < 4.78 is 54.6. The van der Waals surface area contributed by atoms with Gasteiger partial charge in [-0.15, -0.1) is 3.63 Å². The highest BCUT2D eigenvalue weighted by Gasteiger charge is 2.48. The molecular formula is C5H10O9S2. The molecule has 0 amide bonds. The molecule has 1 aliphatic rings. The highest BCUT2D eigenvalue weighted by molar-refractivity contribution is 7.95. The number of rotatable bonds is 4. The van der Waals surface area contributed by atoms with E-state index in [1.165, 1.54) is 0 Å². The molecule has 1 heterocycles. The van der Waals surface area contributed by atoms with Crippen LogP contribution in [-0.4, -0.2) is 39.6 Å². The van der Waals surface area contributed by atoms with Crippen LogP contribution < -0.4 is 0 Å². The lowest BCUT2D eigenvalue weighted by atomic mass is 10.2. The third-order valence-corrected chi connectivity index (χ3v) is 3.79. The zero-order chi connectivity index (χ0) is 12.4. The summed E-state index contributed by atoms with van der Waals surface area (Å²) in [4.78, 5) is 0. The Bertz CT molecular complexity index is 401. The van der Waals surface area contributed by atoms with Gasteiger partial charge in [-0.05, 0) is 12.8 Å². The van der Waals surface area contributed by atoms with E-state index in [9.17, 15) is 21.9 Å². The largest absolute Gasteiger partial charge is 0.420 e. The Balaban J connectivity index is 2.80. The van der Waals surface area contributed by atoms with Crippen LogP contribution in [0.1, 0.15) is 19.3 Å². The topological polar surface area (TPSA) is 136 Å². The second kappa shape index (κ2) is 4.52. The van der Waals surface area contributed by atoms with Crippen LogP contribution in [0.5, 0.6) is 0 Å². The molecule has 0 atom stereocenters. The van der Waals surface area contributed by atoms with Gasteiger partial charge in [-0.2, -0.15) is 25.2 Å². The second-order valence-corrected chi connectivity index (χ2v) is 5.46. The average Bonchev–Trinajstić information content (AvgIpc) is 1.96. The number of aliphatic hydroxyl groups is 2. The van der Waals surface area contributed by atoms with Crippen LogP contribution in [0.3, 0.4) is 0 Å². The van der Waals surface area contributed by atoms with Gasteiger partial charge < -0.3 is 10.2 Å². The predicted molar refractivity (Wildman–Crippen MR) is 47.0 cm³/mol. The molecule has 1 aliphatic heterocycles. The lowest BCUT2D eigenvalue weighted by Crippen LogP contribution is -2.45. The molecule has 2 N–H and O–H groups in total. The maximum Gasteiger partial charge on any atom is 0.420 e. The smallest absolute Gasteiger partial charge is 0.396 e. The fraction of sp³-hybridized carbons (Fsp3) is 1.00. The standard InChI is InChI=1S/C5H10O9S2/c6-4-2-1-3-5(7)12-15(8,9)14-16(10,11)13-5/h6-7H,1-4H2. The van der Waals surface area contributed by atoms with Crippen molar-refractivity contribution < 1.29 is 39.0 Å². The fourth-order valence-electron chi connectivity index (χ4n) is 1.01. The van der Waals surface area contributed by atoms with Crippen molar-refractivity contribution in [2.24, 2.45) is 0 Å². The Hall–Kier alpha value is -0.300. The van der Waals surface area contributed by atoms with Crippen LogP contribution in [0.15, 0.2) is 0 Å². The zero-order valence-corrected chi connectivity index (χ0v) is 9.53. The van der Waals surface area contributed by atoms with Crippen LogP contribution in [0.4, 0.5) is 0 Å². The van der Waals surface area contributed by atoms with E-state index in [4.69, 9.17) is 5.11 Å². The summed E-state index contributed by atoms with van der Waals surface area (Å²) in [5, 5.41) is 17.9. The first-order valence-electron chi connectivity index (χ1n) is 4.13. The molecule has 0 radical (unpaired) electrons. The van der Waals surface area contributed by atoms with Gasteiger partial charge in [0.2, 0.25) is 0 Å². The molecule has 9 nitrogen and oxygen atoms in total. The van der Waals surface area contributed by atoms with Gasteiger partial charge in [-0.25, -0.2) is 0 Å². The van der Waals surface area contributed by atoms with Gasteiger partial charge in [0.1, 0.15) is 0 Å². The summed E-state index contributed by atoms with van der Waals surface area (Å²) >= 11 is 0. The Morgan fingerprint density at radius 3 is 1.94 bits per heavy atom. The SMILES string of the molecule is O=S1(=O)OC(O)(CCCCO)OS(=O)(=O)O1. The van der Waals surface area contributed by atoms with Crippen LogP contribution in [0, 0.1) is 0 Å². The Kier molecular flexibility index (Phi) is 3.89. The minimum atomic E-state index is -4.86. The molecule has 0 aromatic heterocycles. The first kappa shape index (κ1) is 13.8. The molecule has 0 spiro atoms. The van der Waals surface area contributed by atoms with E-state index < -0.39 is 33.2 Å². The number of hydrogen-bond acceptors (Lipinski definition) is 9. The van der Waals surface area contributed by atoms with Crippen molar-refractivity contribution in [3.63, 3.8) is 0 Å². The monoisotopic (exact) mass is 278 g/mol. The first-order valence-corrected chi connectivity index (χ1v) is 6.80. The maximum atomic E-state index is 10.8. The maximum absolute atomic E-state index is 10.8. The van der Waals surface area contributed by atoms with Gasteiger partial charge in [-0.1, -0.05) is 0 Å². The van der Waals surface area contributed by atoms with E-state index in [1.807, 2.05) is 0 Å². The van der Waals surface area contributed by atoms with E-state index in [1.54, 1.807) is 0 Å². The van der Waals surface area contributed by atoms with Gasteiger partial charge in [0.05, 0.1) is 0 Å². The summed E-state index contributed by atoms with van der Waals surface area (Å²) in [5.74, 6) is -2.81. The van der Waals surface area contributed by atoms with Crippen molar-refractivity contribution in [1.82, 2.24) is 0 Å². The molecule has 0 unspecified atom stereocenters. The van der Waals surface area contributed by atoms with E-state index in [2.05, 4.69) is 12.0 Å². The van der Waals surface area contributed by atoms with Crippen molar-refractivity contribution in [3.05, 3.63) is 0 Å². The van der Waals surface area contributed by atoms with Gasteiger partial charge in [-0.3, -0.25) is 0 Å². The summed E-state index contributed by atoms with van der Waals surface area (Å²) in [6, 6.07) is 0. The molecule has 96 valence electrons. The first-order chi connectivity index (χ1) is 7.18. The van der Waals surface area contributed by atoms with Crippen LogP contribution in [0.25, 0.3) is 0 Å². The minimum absolute atomic E-state index is 0.0953. The molecule has 1 rings (SSSR count). The van der Waals surface area contributed by atoms with Crippen molar-refractivity contribution in [2.45, 2.75) is 25.2 Å². The molecule has 1 saturated heterocycles. The van der Waals surface area contributed by atoms with Gasteiger partial charge in [0, 0.05) is 13.0 Å². The predicted octanol–water partition coefficient (Wildman–Crippen LogP) is -1.65. The van der Waals surface area contributed by atoms with Crippen LogP contribution in [-0.2, 0) is 32.8 Å². The molecule has 0 aromatic rings. The normalized spacial score (nSPS) is 26.4. The Morgan fingerprint density at radius 1 is 1.00 bits per heavy atom. The highest BCUT2D eigenvalue weighted by atomic mass is 32.3. The lowest BCUT2D eigenvalue weighted by Gasteiger charge is -2.28. The summed E-state index contributed by atoms with van der Waals surface area (Å²) in [5.41, 5.74) is 0. The van der Waals surface area contributed by atoms with Crippen molar-refractivity contribution in [2.75, 3.05) is 6.61 Å². The van der Waals surface area contributed by atoms with Crippen LogP contribution >= 0.6 is 0 Å². The highest BCUT2D eigenvalue weighted by Crippen LogP contribution is 2.29. The van der Waals surface area contributed by atoms with E-state index in [0.29, 0.717) is 0 Å². The van der Waals surface area contributed by atoms with Gasteiger partial charge in [0.25, 0.3) is 0 Å². The molecular weight excluding hydrogens is 268 g/mol. The van der Waals surface area contributed by atoms with Crippen molar-refractivity contribution >= 4 is 20.8 Å². The second-order valence-electron chi connectivity index (χ2n) is 2.94. The lowest BCUT2D eigenvalue weighted by molar-refractivity contribution is -0.284. The molecule has 0 aromatic carbocycles. The van der Waals surface area contributed by atoms with E-state index in [0.717, 1.165) is 0 Å².